The van der Waals surface area contributed by atoms with Crippen LogP contribution in [0.3, 0.4) is 0 Å². The summed E-state index contributed by atoms with van der Waals surface area (Å²) < 4.78 is 0. The van der Waals surface area contributed by atoms with Crippen molar-refractivity contribution in [3.63, 3.8) is 0 Å². The van der Waals surface area contributed by atoms with Gasteiger partial charge >= 0.3 is 0 Å². The van der Waals surface area contributed by atoms with Crippen LogP contribution < -0.4 is 10.6 Å². The van der Waals surface area contributed by atoms with E-state index in [1.54, 1.807) is 30.3 Å². The van der Waals surface area contributed by atoms with Crippen molar-refractivity contribution >= 4 is 35.0 Å². The summed E-state index contributed by atoms with van der Waals surface area (Å²) in [6.07, 6.45) is 1.94. The Bertz CT molecular complexity index is 654. The average molecular weight is 300 g/mol. The molecule has 0 unspecified atom stereocenters. The summed E-state index contributed by atoms with van der Waals surface area (Å²) >= 11 is 1.54. The zero-order valence-corrected chi connectivity index (χ0v) is 12.7. The van der Waals surface area contributed by atoms with Gasteiger partial charge in [-0.15, -0.1) is 11.8 Å². The largest absolute Gasteiger partial charge is 0.326 e. The minimum atomic E-state index is -0.146. The average Bonchev–Trinajstić information content (AvgIpc) is 2.48. The summed E-state index contributed by atoms with van der Waals surface area (Å²) in [4.78, 5) is 24.1. The van der Waals surface area contributed by atoms with E-state index in [-0.39, 0.29) is 11.8 Å². The third kappa shape index (κ3) is 4.10. The van der Waals surface area contributed by atoms with Gasteiger partial charge in [-0.25, -0.2) is 0 Å². The molecule has 2 N–H and O–H groups in total. The molecule has 0 aromatic heterocycles. The Morgan fingerprint density at radius 1 is 0.905 bits per heavy atom. The van der Waals surface area contributed by atoms with Crippen LogP contribution in [0, 0.1) is 0 Å². The molecule has 0 saturated heterocycles. The van der Waals surface area contributed by atoms with Crippen molar-refractivity contribution in [2.75, 3.05) is 16.9 Å². The number of amides is 2. The molecule has 108 valence electrons. The van der Waals surface area contributed by atoms with Crippen LogP contribution in [0.25, 0.3) is 0 Å². The quantitative estimate of drug-likeness (QED) is 0.848. The number of thioether (sulfide) groups is 1. The van der Waals surface area contributed by atoms with Gasteiger partial charge in [-0.05, 0) is 42.7 Å². The maximum absolute atomic E-state index is 12.3. The standard InChI is InChI=1S/C16H16N2O2S/c1-11(19)17-12-7-9-13(10-8-12)18-16(20)14-5-3-4-6-15(14)21-2/h3-10H,1-2H3,(H,17,19)(H,18,20). The van der Waals surface area contributed by atoms with Gasteiger partial charge < -0.3 is 10.6 Å². The third-order valence-electron chi connectivity index (χ3n) is 2.81. The molecule has 0 radical (unpaired) electrons. The van der Waals surface area contributed by atoms with Crippen LogP contribution in [0.2, 0.25) is 0 Å². The molecule has 5 heteroatoms. The van der Waals surface area contributed by atoms with Gasteiger partial charge in [0.25, 0.3) is 5.91 Å². The first-order valence-corrected chi connectivity index (χ1v) is 7.64. The Kier molecular flexibility index (Phi) is 5.00. The van der Waals surface area contributed by atoms with Crippen LogP contribution in [-0.4, -0.2) is 18.1 Å². The highest BCUT2D eigenvalue weighted by atomic mass is 32.2. The monoisotopic (exact) mass is 300 g/mol. The molecule has 0 saturated carbocycles. The molecular weight excluding hydrogens is 284 g/mol. The van der Waals surface area contributed by atoms with Crippen LogP contribution in [0.15, 0.2) is 53.4 Å². The minimum Gasteiger partial charge on any atom is -0.326 e. The Balaban J connectivity index is 2.10. The molecule has 21 heavy (non-hydrogen) atoms. The molecule has 0 aliphatic carbocycles. The smallest absolute Gasteiger partial charge is 0.256 e. The number of hydrogen-bond donors (Lipinski definition) is 2. The van der Waals surface area contributed by atoms with Gasteiger partial charge in [0.2, 0.25) is 5.91 Å². The van der Waals surface area contributed by atoms with Gasteiger partial charge in [-0.2, -0.15) is 0 Å². The van der Waals surface area contributed by atoms with Crippen molar-refractivity contribution in [1.29, 1.82) is 0 Å². The number of benzene rings is 2. The normalized spacial score (nSPS) is 10.0. The lowest BCUT2D eigenvalue weighted by molar-refractivity contribution is -0.114. The Hall–Kier alpha value is -2.27. The molecule has 2 amide bonds. The van der Waals surface area contributed by atoms with E-state index in [4.69, 9.17) is 0 Å². The molecular formula is C16H16N2O2S. The molecule has 0 fully saturated rings. The lowest BCUT2D eigenvalue weighted by Gasteiger charge is -2.09. The number of carbonyl (C=O) groups excluding carboxylic acids is 2. The maximum atomic E-state index is 12.3. The van der Waals surface area contributed by atoms with E-state index in [0.29, 0.717) is 16.9 Å². The number of carbonyl (C=O) groups is 2. The van der Waals surface area contributed by atoms with E-state index in [1.165, 1.54) is 18.7 Å². The molecule has 0 aliphatic heterocycles. The second-order valence-corrected chi connectivity index (χ2v) is 5.26. The van der Waals surface area contributed by atoms with Gasteiger partial charge in [0.15, 0.2) is 0 Å². The van der Waals surface area contributed by atoms with Crippen LogP contribution in [0.1, 0.15) is 17.3 Å². The predicted octanol–water partition coefficient (Wildman–Crippen LogP) is 3.62. The lowest BCUT2D eigenvalue weighted by Crippen LogP contribution is -2.13. The molecule has 4 nitrogen and oxygen atoms in total. The molecule has 0 spiro atoms. The summed E-state index contributed by atoms with van der Waals surface area (Å²) in [6, 6.07) is 14.5. The molecule has 2 aromatic carbocycles. The van der Waals surface area contributed by atoms with Gasteiger partial charge in [0.05, 0.1) is 5.56 Å². The summed E-state index contributed by atoms with van der Waals surface area (Å²) in [5.41, 5.74) is 2.03. The van der Waals surface area contributed by atoms with E-state index < -0.39 is 0 Å². The van der Waals surface area contributed by atoms with E-state index in [9.17, 15) is 9.59 Å². The number of hydrogen-bond acceptors (Lipinski definition) is 3. The van der Waals surface area contributed by atoms with E-state index in [0.717, 1.165) is 4.90 Å². The van der Waals surface area contributed by atoms with E-state index in [2.05, 4.69) is 10.6 Å². The lowest BCUT2D eigenvalue weighted by atomic mass is 10.2. The van der Waals surface area contributed by atoms with Gasteiger partial charge in [0, 0.05) is 23.2 Å². The number of rotatable bonds is 4. The number of anilines is 2. The van der Waals surface area contributed by atoms with Gasteiger partial charge in [0.1, 0.15) is 0 Å². The zero-order valence-electron chi connectivity index (χ0n) is 11.8. The van der Waals surface area contributed by atoms with E-state index in [1.807, 2.05) is 24.5 Å². The first-order chi connectivity index (χ1) is 10.1. The SMILES string of the molecule is CSc1ccccc1C(=O)Nc1ccc(NC(C)=O)cc1. The zero-order chi connectivity index (χ0) is 15.2. The number of nitrogens with one attached hydrogen (secondary N) is 2. The Morgan fingerprint density at radius 2 is 1.48 bits per heavy atom. The molecule has 0 bridgehead atoms. The van der Waals surface area contributed by atoms with Gasteiger partial charge in [-0.3, -0.25) is 9.59 Å². The van der Waals surface area contributed by atoms with Crippen LogP contribution >= 0.6 is 11.8 Å². The fourth-order valence-corrected chi connectivity index (χ4v) is 2.47. The summed E-state index contributed by atoms with van der Waals surface area (Å²) in [5.74, 6) is -0.270. The third-order valence-corrected chi connectivity index (χ3v) is 3.61. The summed E-state index contributed by atoms with van der Waals surface area (Å²) in [5, 5.41) is 5.53. The fraction of sp³-hybridized carbons (Fsp3) is 0.125. The second-order valence-electron chi connectivity index (χ2n) is 4.41. The van der Waals surface area contributed by atoms with Gasteiger partial charge in [-0.1, -0.05) is 12.1 Å². The highest BCUT2D eigenvalue weighted by molar-refractivity contribution is 7.98. The maximum Gasteiger partial charge on any atom is 0.256 e. The predicted molar refractivity (Wildman–Crippen MR) is 86.9 cm³/mol. The van der Waals surface area contributed by atoms with Crippen LogP contribution in [-0.2, 0) is 4.79 Å². The molecule has 2 rings (SSSR count). The molecule has 0 heterocycles. The van der Waals surface area contributed by atoms with E-state index >= 15 is 0 Å². The molecule has 2 aromatic rings. The molecule has 0 atom stereocenters. The van der Waals surface area contributed by atoms with Crippen molar-refractivity contribution in [1.82, 2.24) is 0 Å². The molecule has 0 aliphatic rings. The highest BCUT2D eigenvalue weighted by Gasteiger charge is 2.10. The van der Waals surface area contributed by atoms with Crippen molar-refractivity contribution in [2.24, 2.45) is 0 Å². The Labute approximate surface area is 127 Å². The summed E-state index contributed by atoms with van der Waals surface area (Å²) in [6.45, 7) is 1.45. The van der Waals surface area contributed by atoms with Crippen molar-refractivity contribution < 1.29 is 9.59 Å². The fourth-order valence-electron chi connectivity index (χ4n) is 1.87. The second kappa shape index (κ2) is 6.95. The topological polar surface area (TPSA) is 58.2 Å². The first kappa shape index (κ1) is 15.1. The minimum absolute atomic E-state index is 0.124. The van der Waals surface area contributed by atoms with Crippen LogP contribution in [0.5, 0.6) is 0 Å². The Morgan fingerprint density at radius 3 is 2.05 bits per heavy atom. The van der Waals surface area contributed by atoms with Crippen molar-refractivity contribution in [3.8, 4) is 0 Å². The first-order valence-electron chi connectivity index (χ1n) is 6.42. The highest BCUT2D eigenvalue weighted by Crippen LogP contribution is 2.21. The summed E-state index contributed by atoms with van der Waals surface area (Å²) in [7, 11) is 0. The van der Waals surface area contributed by atoms with Crippen molar-refractivity contribution in [3.05, 3.63) is 54.1 Å². The van der Waals surface area contributed by atoms with Crippen LogP contribution in [0.4, 0.5) is 11.4 Å². The van der Waals surface area contributed by atoms with Crippen molar-refractivity contribution in [2.45, 2.75) is 11.8 Å².